The van der Waals surface area contributed by atoms with Crippen molar-refractivity contribution < 1.29 is 12.3 Å². The molecule has 0 unspecified atom stereocenters. The lowest BCUT2D eigenvalue weighted by molar-refractivity contribution is 0.563. The molecule has 0 aromatic carbocycles. The molecule has 0 aliphatic heterocycles. The fraction of sp³-hybridized carbons (Fsp3) is 0. The summed E-state index contributed by atoms with van der Waals surface area (Å²) in [5, 5.41) is 0.368. The van der Waals surface area contributed by atoms with Crippen LogP contribution in [0.1, 0.15) is 0 Å². The molecule has 0 fully saturated rings. The fourth-order valence-corrected chi connectivity index (χ4v) is 0.418. The summed E-state index contributed by atoms with van der Waals surface area (Å²) >= 11 is 0. The third-order valence-corrected chi connectivity index (χ3v) is 0.834. The van der Waals surface area contributed by atoms with Crippen molar-refractivity contribution in [2.75, 3.05) is 0 Å². The van der Waals surface area contributed by atoms with Gasteiger partial charge >= 0.3 is 10.2 Å². The summed E-state index contributed by atoms with van der Waals surface area (Å²) in [7, 11) is -4.48. The van der Waals surface area contributed by atoms with Crippen LogP contribution in [0.15, 0.2) is 17.6 Å². The SMILES string of the molecule is [CH]=CC=CS(=O)(=O)F. The molecule has 0 atom stereocenters. The largest absolute Gasteiger partial charge is 0.325 e. The highest BCUT2D eigenvalue weighted by Crippen LogP contribution is 1.91. The molecule has 0 aliphatic carbocycles. The molecule has 0 aliphatic rings. The molecule has 0 bridgehead atoms. The average Bonchev–Trinajstić information content (AvgIpc) is 1.59. The second-order valence-corrected chi connectivity index (χ2v) is 2.22. The van der Waals surface area contributed by atoms with Crippen LogP contribution in [-0.4, -0.2) is 8.42 Å². The number of halogens is 1. The van der Waals surface area contributed by atoms with Crippen LogP contribution >= 0.6 is 0 Å². The maximum absolute atomic E-state index is 11.4. The van der Waals surface area contributed by atoms with Crippen molar-refractivity contribution >= 4 is 10.2 Å². The maximum atomic E-state index is 11.4. The van der Waals surface area contributed by atoms with Gasteiger partial charge in [0, 0.05) is 0 Å². The van der Waals surface area contributed by atoms with Gasteiger partial charge in [-0.3, -0.25) is 0 Å². The Hall–Kier alpha value is -0.640. The molecule has 2 nitrogen and oxygen atoms in total. The molecule has 0 heterocycles. The van der Waals surface area contributed by atoms with Gasteiger partial charge in [0.2, 0.25) is 0 Å². The molecule has 0 aromatic heterocycles. The Morgan fingerprint density at radius 3 is 2.12 bits per heavy atom. The van der Waals surface area contributed by atoms with Crippen molar-refractivity contribution in [2.24, 2.45) is 0 Å². The predicted octanol–water partition coefficient (Wildman–Crippen LogP) is 0.789. The first-order valence-electron chi connectivity index (χ1n) is 1.72. The van der Waals surface area contributed by atoms with Crippen molar-refractivity contribution in [3.8, 4) is 0 Å². The summed E-state index contributed by atoms with van der Waals surface area (Å²) in [6, 6.07) is 0. The van der Waals surface area contributed by atoms with Crippen molar-refractivity contribution in [3.63, 3.8) is 0 Å². The van der Waals surface area contributed by atoms with Crippen LogP contribution in [0.3, 0.4) is 0 Å². The lowest BCUT2D eigenvalue weighted by Crippen LogP contribution is -1.78. The van der Waals surface area contributed by atoms with Crippen molar-refractivity contribution in [1.82, 2.24) is 0 Å². The second-order valence-electron chi connectivity index (χ2n) is 0.997. The summed E-state index contributed by atoms with van der Waals surface area (Å²) in [5.41, 5.74) is 0. The summed E-state index contributed by atoms with van der Waals surface area (Å²) in [6.07, 6.45) is 1.83. The van der Waals surface area contributed by atoms with Gasteiger partial charge in [0.15, 0.2) is 0 Å². The Bertz CT molecular complexity index is 190. The Balaban J connectivity index is 4.12. The minimum atomic E-state index is -4.48. The molecule has 0 spiro atoms. The van der Waals surface area contributed by atoms with Gasteiger partial charge in [0.25, 0.3) is 0 Å². The van der Waals surface area contributed by atoms with Crippen molar-refractivity contribution in [1.29, 1.82) is 0 Å². The zero-order chi connectivity index (χ0) is 6.62. The Morgan fingerprint density at radius 2 is 2.00 bits per heavy atom. The minimum absolute atomic E-state index is 0.368. The molecule has 1 radical (unpaired) electrons. The molecule has 4 heteroatoms. The van der Waals surface area contributed by atoms with E-state index in [2.05, 4.69) is 0 Å². The van der Waals surface area contributed by atoms with E-state index in [0.717, 1.165) is 12.2 Å². The average molecular weight is 135 g/mol. The second kappa shape index (κ2) is 2.61. The topological polar surface area (TPSA) is 34.1 Å². The van der Waals surface area contributed by atoms with E-state index in [4.69, 9.17) is 6.58 Å². The van der Waals surface area contributed by atoms with Gasteiger partial charge in [-0.25, -0.2) is 0 Å². The van der Waals surface area contributed by atoms with Crippen LogP contribution in [0.25, 0.3) is 0 Å². The van der Waals surface area contributed by atoms with Crippen LogP contribution in [0.4, 0.5) is 3.89 Å². The van der Waals surface area contributed by atoms with Crippen LogP contribution in [0.5, 0.6) is 0 Å². The van der Waals surface area contributed by atoms with E-state index >= 15 is 0 Å². The quantitative estimate of drug-likeness (QED) is 0.414. The first kappa shape index (κ1) is 7.36. The van der Waals surface area contributed by atoms with Crippen LogP contribution in [0.2, 0.25) is 0 Å². The molecule has 0 N–H and O–H groups in total. The lowest BCUT2D eigenvalue weighted by Gasteiger charge is -1.73. The van der Waals surface area contributed by atoms with Crippen LogP contribution < -0.4 is 0 Å². The molecule has 0 saturated carbocycles. The normalized spacial score (nSPS) is 12.1. The Labute approximate surface area is 47.5 Å². The summed E-state index contributed by atoms with van der Waals surface area (Å²) < 4.78 is 30.5. The zero-order valence-electron chi connectivity index (χ0n) is 3.91. The number of hydrogen-bond acceptors (Lipinski definition) is 2. The Morgan fingerprint density at radius 1 is 1.50 bits per heavy atom. The van der Waals surface area contributed by atoms with Crippen LogP contribution in [0, 0.1) is 6.58 Å². The smallest absolute Gasteiger partial charge is 0.190 e. The zero-order valence-corrected chi connectivity index (χ0v) is 4.73. The Kier molecular flexibility index (Phi) is 2.41. The van der Waals surface area contributed by atoms with E-state index in [-0.39, 0.29) is 0 Å². The molecule has 0 amide bonds. The van der Waals surface area contributed by atoms with E-state index in [0.29, 0.717) is 5.41 Å². The molecular weight excluding hydrogens is 131 g/mol. The van der Waals surface area contributed by atoms with Gasteiger partial charge in [0.1, 0.15) is 0 Å². The molecule has 0 aromatic rings. The van der Waals surface area contributed by atoms with Crippen molar-refractivity contribution in [3.05, 3.63) is 24.1 Å². The summed E-state index contributed by atoms with van der Waals surface area (Å²) in [5.74, 6) is 0. The standard InChI is InChI=1S/C4H4FO2S/c1-2-3-4-8(5,6)7/h1-4H. The summed E-state index contributed by atoms with van der Waals surface area (Å²) in [6.45, 7) is 4.69. The number of rotatable bonds is 2. The fourth-order valence-electron chi connectivity index (χ4n) is 0.139. The molecule has 0 saturated heterocycles. The predicted molar refractivity (Wildman–Crippen MR) is 28.0 cm³/mol. The minimum Gasteiger partial charge on any atom is -0.190 e. The van der Waals surface area contributed by atoms with E-state index in [1.54, 1.807) is 0 Å². The third-order valence-electron chi connectivity index (χ3n) is 0.352. The van der Waals surface area contributed by atoms with E-state index < -0.39 is 10.2 Å². The van der Waals surface area contributed by atoms with Gasteiger partial charge in [-0.05, 0) is 6.08 Å². The first-order valence-corrected chi connectivity index (χ1v) is 3.17. The van der Waals surface area contributed by atoms with Crippen LogP contribution in [-0.2, 0) is 10.2 Å². The number of hydrogen-bond donors (Lipinski definition) is 0. The van der Waals surface area contributed by atoms with E-state index in [1.807, 2.05) is 0 Å². The monoisotopic (exact) mass is 135 g/mol. The molecule has 45 valence electrons. The molecular formula is C4H4FO2S. The molecule has 8 heavy (non-hydrogen) atoms. The van der Waals surface area contributed by atoms with Crippen molar-refractivity contribution in [2.45, 2.75) is 0 Å². The van der Waals surface area contributed by atoms with Gasteiger partial charge in [-0.2, -0.15) is 8.42 Å². The lowest BCUT2D eigenvalue weighted by atomic mass is 10.6. The van der Waals surface area contributed by atoms with Gasteiger partial charge < -0.3 is 0 Å². The first-order chi connectivity index (χ1) is 3.56. The van der Waals surface area contributed by atoms with Gasteiger partial charge in [-0.1, -0.05) is 12.7 Å². The molecule has 0 rings (SSSR count). The van der Waals surface area contributed by atoms with Gasteiger partial charge in [-0.15, -0.1) is 3.89 Å². The van der Waals surface area contributed by atoms with Gasteiger partial charge in [0.05, 0.1) is 5.41 Å². The third kappa shape index (κ3) is 5.36. The van der Waals surface area contributed by atoms with E-state index in [9.17, 15) is 12.3 Å². The highest BCUT2D eigenvalue weighted by atomic mass is 32.3. The number of allylic oxidation sites excluding steroid dienone is 2. The maximum Gasteiger partial charge on any atom is 0.325 e. The highest BCUT2D eigenvalue weighted by molar-refractivity contribution is 7.89. The van der Waals surface area contributed by atoms with E-state index in [1.165, 1.54) is 0 Å². The highest BCUT2D eigenvalue weighted by Gasteiger charge is 1.94. The summed E-state index contributed by atoms with van der Waals surface area (Å²) in [4.78, 5) is 0.